The first-order chi connectivity index (χ1) is 11.3. The molecule has 1 unspecified atom stereocenters. The van der Waals surface area contributed by atoms with Gasteiger partial charge in [0, 0.05) is 6.42 Å². The second kappa shape index (κ2) is 6.07. The average molecular weight is 442 g/mol. The highest BCUT2D eigenvalue weighted by atomic mass is 127. The minimum absolute atomic E-state index is 0.258. The average Bonchev–Trinajstić information content (AvgIpc) is 2.84. The molecule has 3 saturated carbocycles. The molecule has 4 aliphatic rings. The van der Waals surface area contributed by atoms with Gasteiger partial charge in [-0.1, -0.05) is 42.5 Å². The molecule has 3 heteroatoms. The first kappa shape index (κ1) is 17.5. The highest BCUT2D eigenvalue weighted by Crippen LogP contribution is 2.65. The van der Waals surface area contributed by atoms with Crippen molar-refractivity contribution in [3.05, 3.63) is 12.2 Å². The summed E-state index contributed by atoms with van der Waals surface area (Å²) in [6, 6.07) is 0. The van der Waals surface area contributed by atoms with Gasteiger partial charge in [0.1, 0.15) is 4.11 Å². The number of carbonyl (C=O) groups is 1. The van der Waals surface area contributed by atoms with Gasteiger partial charge >= 0.3 is 0 Å². The molecule has 134 valence electrons. The summed E-state index contributed by atoms with van der Waals surface area (Å²) in [4.78, 5) is 11.9. The van der Waals surface area contributed by atoms with Crippen LogP contribution in [0.25, 0.3) is 0 Å². The fourth-order valence-electron chi connectivity index (χ4n) is 7.04. The molecule has 24 heavy (non-hydrogen) atoms. The van der Waals surface area contributed by atoms with E-state index in [1.807, 2.05) is 6.08 Å². The van der Waals surface area contributed by atoms with Crippen LogP contribution in [0.4, 0.5) is 0 Å². The predicted molar refractivity (Wildman–Crippen MR) is 105 cm³/mol. The molecule has 4 aliphatic carbocycles. The lowest BCUT2D eigenvalue weighted by molar-refractivity contribution is -0.126. The van der Waals surface area contributed by atoms with Crippen LogP contribution in [0.2, 0.25) is 0 Å². The maximum absolute atomic E-state index is 11.9. The van der Waals surface area contributed by atoms with Crippen molar-refractivity contribution in [2.75, 3.05) is 0 Å². The van der Waals surface area contributed by atoms with Crippen LogP contribution >= 0.6 is 22.6 Å². The second-order valence-electron chi connectivity index (χ2n) is 9.31. The van der Waals surface area contributed by atoms with Crippen molar-refractivity contribution in [2.45, 2.75) is 75.9 Å². The third kappa shape index (κ3) is 2.55. The molecule has 0 radical (unpaired) electrons. The second-order valence-corrected chi connectivity index (χ2v) is 11.1. The molecule has 0 N–H and O–H groups in total. The Hall–Kier alpha value is 0.1000. The molecule has 0 aromatic heterocycles. The van der Waals surface area contributed by atoms with Gasteiger partial charge in [0.15, 0.2) is 5.78 Å². The van der Waals surface area contributed by atoms with Crippen molar-refractivity contribution in [3.63, 3.8) is 0 Å². The standard InChI is InChI=1S/C21H31IO2/c1-13(22)24-19-7-6-17-16-5-4-14-12-15(23)8-10-20(14,2)18(16)9-11-21(17,19)3/h8,10,13-14,16-19H,4-7,9,11-12H2,1-3H3/t13?,14-,16-,17-,18-,19-,20-,21-/m0/s1. The van der Waals surface area contributed by atoms with Gasteiger partial charge in [-0.15, -0.1) is 0 Å². The third-order valence-corrected chi connectivity index (χ3v) is 8.60. The maximum Gasteiger partial charge on any atom is 0.155 e. The number of fused-ring (bicyclic) bond motifs is 5. The summed E-state index contributed by atoms with van der Waals surface area (Å²) in [5.74, 6) is 3.36. The molecular formula is C21H31IO2. The Balaban J connectivity index is 1.61. The number of ketones is 1. The Bertz CT molecular complexity index is 556. The quantitative estimate of drug-likeness (QED) is 0.415. The third-order valence-electron chi connectivity index (χ3n) is 8.30. The van der Waals surface area contributed by atoms with E-state index < -0.39 is 0 Å². The lowest BCUT2D eigenvalue weighted by Crippen LogP contribution is -2.53. The highest BCUT2D eigenvalue weighted by molar-refractivity contribution is 14.1. The zero-order valence-corrected chi connectivity index (χ0v) is 17.4. The van der Waals surface area contributed by atoms with Crippen LogP contribution in [-0.2, 0) is 9.53 Å². The Morgan fingerprint density at radius 1 is 1.17 bits per heavy atom. The zero-order chi connectivity index (χ0) is 17.1. The molecule has 0 saturated heterocycles. The molecule has 3 fully saturated rings. The molecule has 4 rings (SSSR count). The number of alkyl halides is 1. The monoisotopic (exact) mass is 442 g/mol. The number of halogens is 1. The molecule has 2 nitrogen and oxygen atoms in total. The first-order valence-corrected chi connectivity index (χ1v) is 11.1. The van der Waals surface area contributed by atoms with Crippen molar-refractivity contribution in [3.8, 4) is 0 Å². The fourth-order valence-corrected chi connectivity index (χ4v) is 7.39. The van der Waals surface area contributed by atoms with Crippen LogP contribution in [0.1, 0.15) is 65.7 Å². The normalized spacial score (nSPS) is 51.7. The number of allylic oxidation sites excluding steroid dienone is 2. The zero-order valence-electron chi connectivity index (χ0n) is 15.3. The van der Waals surface area contributed by atoms with Gasteiger partial charge in [-0.25, -0.2) is 0 Å². The van der Waals surface area contributed by atoms with E-state index in [2.05, 4.69) is 49.4 Å². The lowest BCUT2D eigenvalue weighted by atomic mass is 9.46. The Labute approximate surface area is 160 Å². The number of carbonyl (C=O) groups excluding carboxylic acids is 1. The molecule has 8 atom stereocenters. The highest BCUT2D eigenvalue weighted by Gasteiger charge is 2.60. The van der Waals surface area contributed by atoms with Gasteiger partial charge in [0.05, 0.1) is 6.10 Å². The molecule has 0 heterocycles. The summed E-state index contributed by atoms with van der Waals surface area (Å²) < 4.78 is 6.64. The first-order valence-electron chi connectivity index (χ1n) is 9.86. The number of hydrogen-bond acceptors (Lipinski definition) is 2. The number of rotatable bonds is 2. The van der Waals surface area contributed by atoms with Gasteiger partial charge in [-0.2, -0.15) is 0 Å². The largest absolute Gasteiger partial charge is 0.364 e. The van der Waals surface area contributed by atoms with E-state index in [4.69, 9.17) is 4.74 Å². The SMILES string of the molecule is CC(I)O[C@H]1CC[C@H]2[C@@H]3CC[C@H]4CC(=O)C=C[C@]4(C)[C@H]3CC[C@]12C. The molecule has 0 amide bonds. The molecule has 0 aromatic rings. The van der Waals surface area contributed by atoms with Crippen molar-refractivity contribution in [1.82, 2.24) is 0 Å². The summed E-state index contributed by atoms with van der Waals surface area (Å²) in [6.45, 7) is 7.13. The molecule has 0 aliphatic heterocycles. The number of hydrogen-bond donors (Lipinski definition) is 0. The summed E-state index contributed by atoms with van der Waals surface area (Å²) in [5.41, 5.74) is 0.631. The predicted octanol–water partition coefficient (Wildman–Crippen LogP) is 5.54. The Morgan fingerprint density at radius 2 is 1.96 bits per heavy atom. The minimum atomic E-state index is 0.258. The molecule has 0 spiro atoms. The van der Waals surface area contributed by atoms with Crippen molar-refractivity contribution in [2.24, 2.45) is 34.5 Å². The minimum Gasteiger partial charge on any atom is -0.364 e. The van der Waals surface area contributed by atoms with E-state index in [1.165, 1.54) is 38.5 Å². The topological polar surface area (TPSA) is 26.3 Å². The Morgan fingerprint density at radius 3 is 2.71 bits per heavy atom. The van der Waals surface area contributed by atoms with Crippen molar-refractivity contribution < 1.29 is 9.53 Å². The van der Waals surface area contributed by atoms with Crippen LogP contribution < -0.4 is 0 Å². The van der Waals surface area contributed by atoms with E-state index in [1.54, 1.807) is 0 Å². The smallest absolute Gasteiger partial charge is 0.155 e. The summed E-state index contributed by atoms with van der Waals surface area (Å²) in [7, 11) is 0. The molecular weight excluding hydrogens is 411 g/mol. The van der Waals surface area contributed by atoms with Crippen molar-refractivity contribution in [1.29, 1.82) is 0 Å². The number of ether oxygens (including phenoxy) is 1. The van der Waals surface area contributed by atoms with Gasteiger partial charge in [-0.05, 0) is 86.0 Å². The van der Waals surface area contributed by atoms with Gasteiger partial charge in [-0.3, -0.25) is 4.79 Å². The summed E-state index contributed by atoms with van der Waals surface area (Å²) in [6.07, 6.45) is 13.2. The summed E-state index contributed by atoms with van der Waals surface area (Å²) >= 11 is 2.40. The lowest BCUT2D eigenvalue weighted by Gasteiger charge is -2.58. The van der Waals surface area contributed by atoms with Crippen LogP contribution in [0.3, 0.4) is 0 Å². The van der Waals surface area contributed by atoms with E-state index >= 15 is 0 Å². The summed E-state index contributed by atoms with van der Waals surface area (Å²) in [5, 5.41) is 0. The molecule has 0 aromatic carbocycles. The van der Waals surface area contributed by atoms with Crippen LogP contribution in [0.5, 0.6) is 0 Å². The maximum atomic E-state index is 11.9. The fraction of sp³-hybridized carbons (Fsp3) is 0.857. The van der Waals surface area contributed by atoms with Crippen LogP contribution in [0.15, 0.2) is 12.2 Å². The van der Waals surface area contributed by atoms with Gasteiger partial charge in [0.25, 0.3) is 0 Å². The van der Waals surface area contributed by atoms with E-state index in [0.717, 1.165) is 24.2 Å². The van der Waals surface area contributed by atoms with Gasteiger partial charge < -0.3 is 4.74 Å². The van der Waals surface area contributed by atoms with E-state index in [9.17, 15) is 4.79 Å². The van der Waals surface area contributed by atoms with E-state index in [0.29, 0.717) is 27.3 Å². The molecule has 0 bridgehead atoms. The van der Waals surface area contributed by atoms with Crippen LogP contribution in [0, 0.1) is 34.5 Å². The van der Waals surface area contributed by atoms with Crippen LogP contribution in [-0.4, -0.2) is 16.0 Å². The van der Waals surface area contributed by atoms with E-state index in [-0.39, 0.29) is 5.41 Å². The van der Waals surface area contributed by atoms with Gasteiger partial charge in [0.2, 0.25) is 0 Å². The van der Waals surface area contributed by atoms with Crippen molar-refractivity contribution >= 4 is 28.4 Å². The Kier molecular flexibility index (Phi) is 4.43.